The van der Waals surface area contributed by atoms with E-state index >= 15 is 0 Å². The number of aliphatic imine (C=N–C) groups is 1. The third kappa shape index (κ3) is 5.03. The molecule has 2 aromatic rings. The van der Waals surface area contributed by atoms with Gasteiger partial charge in [0.1, 0.15) is 22.9 Å². The van der Waals surface area contributed by atoms with Gasteiger partial charge in [-0.2, -0.15) is 0 Å². The molecule has 0 spiro atoms. The Balaban J connectivity index is 1.89. The predicted octanol–water partition coefficient (Wildman–Crippen LogP) is 4.26. The van der Waals surface area contributed by atoms with Crippen molar-refractivity contribution in [2.24, 2.45) is 10.7 Å². The molecule has 1 heterocycles. The molecule has 2 atom stereocenters. The van der Waals surface area contributed by atoms with Crippen molar-refractivity contribution >= 4 is 17.6 Å². The third-order valence-electron chi connectivity index (χ3n) is 4.33. The zero-order valence-corrected chi connectivity index (χ0v) is 16.7. The first-order chi connectivity index (χ1) is 13.2. The minimum absolute atomic E-state index is 0.252. The number of amidine groups is 1. The fourth-order valence-corrected chi connectivity index (χ4v) is 2.97. The van der Waals surface area contributed by atoms with Crippen LogP contribution in [0, 0.1) is 0 Å². The standard InChI is InChI=1S/C22H27N3O3/c1-14-20(23)24-18-13-16(10-11-19(18)27-14)17(12-15-8-6-5-7-9-15)25-21(26)28-22(2,3)4/h5-11,13-14,17H,12H2,1-4H3,(H2,23,24)(H,25,26). The molecule has 6 heteroatoms. The fraction of sp³-hybridized carbons (Fsp3) is 0.364. The number of alkyl carbamates (subject to hydrolysis) is 1. The van der Waals surface area contributed by atoms with Crippen molar-refractivity contribution in [1.82, 2.24) is 5.32 Å². The van der Waals surface area contributed by atoms with E-state index in [1.165, 1.54) is 0 Å². The Bertz CT molecular complexity index is 872. The minimum Gasteiger partial charge on any atom is -0.481 e. The van der Waals surface area contributed by atoms with Gasteiger partial charge in [0.2, 0.25) is 0 Å². The molecule has 0 saturated heterocycles. The van der Waals surface area contributed by atoms with Crippen molar-refractivity contribution in [2.45, 2.75) is 51.9 Å². The summed E-state index contributed by atoms with van der Waals surface area (Å²) in [6, 6.07) is 15.4. The maximum atomic E-state index is 12.4. The second kappa shape index (κ2) is 7.92. The maximum Gasteiger partial charge on any atom is 0.408 e. The number of hydrogen-bond acceptors (Lipinski definition) is 5. The van der Waals surface area contributed by atoms with Crippen molar-refractivity contribution in [3.05, 3.63) is 59.7 Å². The van der Waals surface area contributed by atoms with Crippen molar-refractivity contribution in [1.29, 1.82) is 0 Å². The van der Waals surface area contributed by atoms with Gasteiger partial charge in [-0.25, -0.2) is 9.79 Å². The topological polar surface area (TPSA) is 85.9 Å². The van der Waals surface area contributed by atoms with Gasteiger partial charge in [0.15, 0.2) is 6.10 Å². The van der Waals surface area contributed by atoms with Crippen LogP contribution in [0.1, 0.15) is 44.9 Å². The molecule has 3 N–H and O–H groups in total. The second-order valence-electron chi connectivity index (χ2n) is 7.91. The molecule has 0 aliphatic carbocycles. The van der Waals surface area contributed by atoms with Crippen LogP contribution in [0.5, 0.6) is 5.75 Å². The first-order valence-electron chi connectivity index (χ1n) is 9.39. The van der Waals surface area contributed by atoms with E-state index in [0.29, 0.717) is 23.7 Å². The van der Waals surface area contributed by atoms with Gasteiger partial charge in [-0.15, -0.1) is 0 Å². The lowest BCUT2D eigenvalue weighted by atomic mass is 9.98. The summed E-state index contributed by atoms with van der Waals surface area (Å²) in [6.07, 6.45) is -0.0904. The molecule has 6 nitrogen and oxygen atoms in total. The highest BCUT2D eigenvalue weighted by molar-refractivity contribution is 5.89. The van der Waals surface area contributed by atoms with Gasteiger partial charge in [0.25, 0.3) is 0 Å². The van der Waals surface area contributed by atoms with Gasteiger partial charge in [-0.05, 0) is 57.4 Å². The molecule has 0 aromatic heterocycles. The minimum atomic E-state index is -0.569. The van der Waals surface area contributed by atoms with Crippen LogP contribution < -0.4 is 15.8 Å². The Labute approximate surface area is 165 Å². The molecule has 0 radical (unpaired) electrons. The molecule has 0 fully saturated rings. The second-order valence-corrected chi connectivity index (χ2v) is 7.91. The summed E-state index contributed by atoms with van der Waals surface area (Å²) in [5, 5.41) is 2.98. The van der Waals surface area contributed by atoms with E-state index < -0.39 is 11.7 Å². The smallest absolute Gasteiger partial charge is 0.408 e. The summed E-state index contributed by atoms with van der Waals surface area (Å²) in [6.45, 7) is 7.38. The van der Waals surface area contributed by atoms with Crippen LogP contribution in [0.3, 0.4) is 0 Å². The van der Waals surface area contributed by atoms with Gasteiger partial charge in [0, 0.05) is 0 Å². The fourth-order valence-electron chi connectivity index (χ4n) is 2.97. The average molecular weight is 381 g/mol. The molecule has 28 heavy (non-hydrogen) atoms. The van der Waals surface area contributed by atoms with Crippen molar-refractivity contribution in [3.63, 3.8) is 0 Å². The van der Waals surface area contributed by atoms with Crippen molar-refractivity contribution in [2.75, 3.05) is 0 Å². The Morgan fingerprint density at radius 3 is 2.64 bits per heavy atom. The number of fused-ring (bicyclic) bond motifs is 1. The summed E-state index contributed by atoms with van der Waals surface area (Å²) < 4.78 is 11.2. The van der Waals surface area contributed by atoms with Gasteiger partial charge in [-0.1, -0.05) is 36.4 Å². The first kappa shape index (κ1) is 19.7. The Morgan fingerprint density at radius 1 is 1.25 bits per heavy atom. The van der Waals surface area contributed by atoms with E-state index in [2.05, 4.69) is 10.3 Å². The number of hydrogen-bond donors (Lipinski definition) is 2. The molecule has 1 aliphatic heterocycles. The molecule has 148 valence electrons. The molecular weight excluding hydrogens is 354 g/mol. The Hall–Kier alpha value is -3.02. The van der Waals surface area contributed by atoms with Crippen molar-refractivity contribution < 1.29 is 14.3 Å². The molecule has 1 amide bonds. The number of carbonyl (C=O) groups excluding carboxylic acids is 1. The highest BCUT2D eigenvalue weighted by atomic mass is 16.6. The van der Waals surface area contributed by atoms with Crippen LogP contribution in [-0.4, -0.2) is 23.6 Å². The zero-order valence-electron chi connectivity index (χ0n) is 16.7. The van der Waals surface area contributed by atoms with E-state index in [4.69, 9.17) is 15.2 Å². The number of benzene rings is 2. The lowest BCUT2D eigenvalue weighted by molar-refractivity contribution is 0.0503. The Morgan fingerprint density at radius 2 is 1.96 bits per heavy atom. The summed E-state index contributed by atoms with van der Waals surface area (Å²) in [5.41, 5.74) is 8.03. The largest absolute Gasteiger partial charge is 0.481 e. The SMILES string of the molecule is CC1Oc2ccc(C(Cc3ccccc3)NC(=O)OC(C)(C)C)cc2N=C1N. The normalized spacial score (nSPS) is 17.0. The third-order valence-corrected chi connectivity index (χ3v) is 4.33. The first-order valence-corrected chi connectivity index (χ1v) is 9.39. The molecular formula is C22H27N3O3. The lowest BCUT2D eigenvalue weighted by Gasteiger charge is -2.26. The van der Waals surface area contributed by atoms with E-state index in [9.17, 15) is 4.79 Å². The molecule has 0 bridgehead atoms. The van der Waals surface area contributed by atoms with Crippen LogP contribution in [0.4, 0.5) is 10.5 Å². The van der Waals surface area contributed by atoms with E-state index in [1.807, 2.05) is 76.2 Å². The number of rotatable bonds is 4. The number of nitrogens with zero attached hydrogens (tertiary/aromatic N) is 1. The van der Waals surface area contributed by atoms with Crippen LogP contribution >= 0.6 is 0 Å². The summed E-state index contributed by atoms with van der Waals surface area (Å²) in [7, 11) is 0. The number of carbonyl (C=O) groups is 1. The number of ether oxygens (including phenoxy) is 2. The van der Waals surface area contributed by atoms with Gasteiger partial charge in [0.05, 0.1) is 6.04 Å². The van der Waals surface area contributed by atoms with Crippen LogP contribution in [-0.2, 0) is 11.2 Å². The molecule has 2 aromatic carbocycles. The summed E-state index contributed by atoms with van der Waals surface area (Å²) in [5.74, 6) is 1.12. The van der Waals surface area contributed by atoms with E-state index in [1.54, 1.807) is 0 Å². The van der Waals surface area contributed by atoms with Crippen LogP contribution in [0.25, 0.3) is 0 Å². The molecule has 0 saturated carbocycles. The Kier molecular flexibility index (Phi) is 5.58. The van der Waals surface area contributed by atoms with Gasteiger partial charge >= 0.3 is 6.09 Å². The van der Waals surface area contributed by atoms with Gasteiger partial charge < -0.3 is 20.5 Å². The van der Waals surface area contributed by atoms with E-state index in [-0.39, 0.29) is 12.1 Å². The van der Waals surface area contributed by atoms with E-state index in [0.717, 1.165) is 11.1 Å². The van der Waals surface area contributed by atoms with Crippen LogP contribution in [0.2, 0.25) is 0 Å². The van der Waals surface area contributed by atoms with Crippen molar-refractivity contribution in [3.8, 4) is 5.75 Å². The molecule has 3 rings (SSSR count). The quantitative estimate of drug-likeness (QED) is 0.828. The summed E-state index contributed by atoms with van der Waals surface area (Å²) in [4.78, 5) is 16.9. The summed E-state index contributed by atoms with van der Waals surface area (Å²) >= 11 is 0. The monoisotopic (exact) mass is 381 g/mol. The highest BCUT2D eigenvalue weighted by Gasteiger charge is 2.23. The van der Waals surface area contributed by atoms with Crippen LogP contribution in [0.15, 0.2) is 53.5 Å². The number of nitrogens with two attached hydrogens (primary N) is 1. The average Bonchev–Trinajstić information content (AvgIpc) is 2.61. The maximum absolute atomic E-state index is 12.4. The molecule has 1 aliphatic rings. The number of amides is 1. The number of nitrogens with one attached hydrogen (secondary N) is 1. The highest BCUT2D eigenvalue weighted by Crippen LogP contribution is 2.35. The molecule has 2 unspecified atom stereocenters. The lowest BCUT2D eigenvalue weighted by Crippen LogP contribution is -2.36. The zero-order chi connectivity index (χ0) is 20.3. The predicted molar refractivity (Wildman–Crippen MR) is 110 cm³/mol. The van der Waals surface area contributed by atoms with Gasteiger partial charge in [-0.3, -0.25) is 0 Å².